The van der Waals surface area contributed by atoms with Crippen molar-refractivity contribution in [1.82, 2.24) is 10.2 Å². The van der Waals surface area contributed by atoms with Gasteiger partial charge in [0.1, 0.15) is 12.6 Å². The molecule has 0 fully saturated rings. The Balaban J connectivity index is 4.76. The smallest absolute Gasteiger partial charge is 0.326 e. The van der Waals surface area contributed by atoms with E-state index >= 15 is 0 Å². The van der Waals surface area contributed by atoms with Crippen LogP contribution in [0.3, 0.4) is 0 Å². The first kappa shape index (κ1) is 19.2. The Morgan fingerprint density at radius 2 is 1.90 bits per heavy atom. The van der Waals surface area contributed by atoms with Crippen LogP contribution in [0.25, 0.3) is 0 Å². The minimum absolute atomic E-state index is 0.158. The second-order valence-electron chi connectivity index (χ2n) is 4.73. The number of carboxylic acid groups (broad SMARTS) is 1. The highest BCUT2D eigenvalue weighted by molar-refractivity contribution is 5.85. The molecule has 0 rings (SSSR count). The highest BCUT2D eigenvalue weighted by Gasteiger charge is 2.26. The van der Waals surface area contributed by atoms with Crippen molar-refractivity contribution in [3.8, 4) is 0 Å². The van der Waals surface area contributed by atoms with Crippen LogP contribution in [0.15, 0.2) is 0 Å². The number of esters is 1. The molecule has 0 saturated carbocycles. The number of carboxylic acids is 1. The summed E-state index contributed by atoms with van der Waals surface area (Å²) >= 11 is 0. The van der Waals surface area contributed by atoms with Gasteiger partial charge in [0, 0.05) is 13.7 Å². The lowest BCUT2D eigenvalue weighted by Crippen LogP contribution is -2.52. The molecule has 0 aromatic rings. The Labute approximate surface area is 124 Å². The zero-order valence-corrected chi connectivity index (χ0v) is 12.9. The summed E-state index contributed by atoms with van der Waals surface area (Å²) in [5.41, 5.74) is 0. The van der Waals surface area contributed by atoms with Gasteiger partial charge in [-0.3, -0.25) is 4.79 Å². The Kier molecular flexibility index (Phi) is 9.11. The molecular weight excluding hydrogens is 280 g/mol. The summed E-state index contributed by atoms with van der Waals surface area (Å²) in [6, 6.07) is -1.66. The fourth-order valence-corrected chi connectivity index (χ4v) is 1.55. The normalized spacial score (nSPS) is 11.9. The van der Waals surface area contributed by atoms with E-state index in [1.807, 2.05) is 0 Å². The molecule has 2 amide bonds. The van der Waals surface area contributed by atoms with Crippen molar-refractivity contribution in [3.63, 3.8) is 0 Å². The zero-order chi connectivity index (χ0) is 16.4. The first-order chi connectivity index (χ1) is 9.83. The summed E-state index contributed by atoms with van der Waals surface area (Å²) in [5.74, 6) is -1.96. The molecular formula is C13H24N2O6. The Bertz CT molecular complexity index is 359. The van der Waals surface area contributed by atoms with E-state index in [9.17, 15) is 14.4 Å². The highest BCUT2D eigenvalue weighted by Crippen LogP contribution is 2.03. The number of methoxy groups -OCH3 is 1. The van der Waals surface area contributed by atoms with Crippen LogP contribution < -0.4 is 5.32 Å². The molecule has 0 radical (unpaired) electrons. The van der Waals surface area contributed by atoms with E-state index in [0.717, 1.165) is 0 Å². The number of ether oxygens (including phenoxy) is 2. The van der Waals surface area contributed by atoms with E-state index in [1.165, 1.54) is 12.0 Å². The third kappa shape index (κ3) is 7.50. The molecule has 0 aliphatic heterocycles. The lowest BCUT2D eigenvalue weighted by atomic mass is 10.1. The van der Waals surface area contributed by atoms with Gasteiger partial charge in [-0.1, -0.05) is 13.8 Å². The number of urea groups is 1. The van der Waals surface area contributed by atoms with Gasteiger partial charge in [-0.25, -0.2) is 9.59 Å². The van der Waals surface area contributed by atoms with Gasteiger partial charge in [0.05, 0.1) is 13.2 Å². The molecule has 0 aliphatic carbocycles. The number of rotatable bonds is 9. The lowest BCUT2D eigenvalue weighted by molar-refractivity contribution is -0.143. The molecule has 0 heterocycles. The van der Waals surface area contributed by atoms with Crippen molar-refractivity contribution in [2.24, 2.45) is 5.92 Å². The van der Waals surface area contributed by atoms with Crippen LogP contribution in [0.1, 0.15) is 20.8 Å². The Hall–Kier alpha value is -1.83. The van der Waals surface area contributed by atoms with Gasteiger partial charge in [-0.2, -0.15) is 0 Å². The highest BCUT2D eigenvalue weighted by atomic mass is 16.5. The predicted octanol–water partition coefficient (Wildman–Crippen LogP) is 0.317. The van der Waals surface area contributed by atoms with Crippen molar-refractivity contribution in [2.75, 3.05) is 33.4 Å². The van der Waals surface area contributed by atoms with Crippen molar-refractivity contribution in [2.45, 2.75) is 26.8 Å². The number of carbonyl (C=O) groups excluding carboxylic acids is 2. The van der Waals surface area contributed by atoms with Crippen molar-refractivity contribution >= 4 is 18.0 Å². The molecule has 0 bridgehead atoms. The van der Waals surface area contributed by atoms with E-state index < -0.39 is 24.0 Å². The quantitative estimate of drug-likeness (QED) is 0.594. The van der Waals surface area contributed by atoms with Crippen LogP contribution in [0.2, 0.25) is 0 Å². The molecule has 0 aromatic heterocycles. The maximum atomic E-state index is 12.1. The van der Waals surface area contributed by atoms with E-state index in [2.05, 4.69) is 5.32 Å². The van der Waals surface area contributed by atoms with Gasteiger partial charge in [-0.05, 0) is 12.8 Å². The molecule has 2 N–H and O–H groups in total. The first-order valence-corrected chi connectivity index (χ1v) is 6.76. The summed E-state index contributed by atoms with van der Waals surface area (Å²) in [6.07, 6.45) is 0. The summed E-state index contributed by atoms with van der Waals surface area (Å²) in [6.45, 7) is 5.37. The maximum absolute atomic E-state index is 12.1. The minimum atomic E-state index is -1.12. The summed E-state index contributed by atoms with van der Waals surface area (Å²) < 4.78 is 9.66. The third-order valence-electron chi connectivity index (χ3n) is 2.69. The maximum Gasteiger partial charge on any atom is 0.326 e. The van der Waals surface area contributed by atoms with E-state index in [0.29, 0.717) is 0 Å². The van der Waals surface area contributed by atoms with Crippen molar-refractivity contribution in [3.05, 3.63) is 0 Å². The number of hydrogen-bond acceptors (Lipinski definition) is 5. The number of aliphatic carboxylic acids is 1. The molecule has 0 aromatic carbocycles. The SMILES string of the molecule is CCOC(=O)CN(CCOC)C(=O)NC(C(=O)O)C(C)C. The summed E-state index contributed by atoms with van der Waals surface area (Å²) in [4.78, 5) is 35.8. The van der Waals surface area contributed by atoms with Gasteiger partial charge in [0.2, 0.25) is 0 Å². The van der Waals surface area contributed by atoms with Crippen LogP contribution >= 0.6 is 0 Å². The Morgan fingerprint density at radius 1 is 1.29 bits per heavy atom. The number of hydrogen-bond donors (Lipinski definition) is 2. The fourth-order valence-electron chi connectivity index (χ4n) is 1.55. The average molecular weight is 304 g/mol. The third-order valence-corrected chi connectivity index (χ3v) is 2.69. The molecule has 1 atom stereocenters. The Morgan fingerprint density at radius 3 is 2.33 bits per heavy atom. The first-order valence-electron chi connectivity index (χ1n) is 6.76. The number of carbonyl (C=O) groups is 3. The molecule has 0 spiro atoms. The van der Waals surface area contributed by atoms with Gasteiger partial charge in [0.15, 0.2) is 0 Å². The molecule has 122 valence electrons. The van der Waals surface area contributed by atoms with Crippen LogP contribution in [0.5, 0.6) is 0 Å². The van der Waals surface area contributed by atoms with Crippen LogP contribution in [0.4, 0.5) is 4.79 Å². The number of nitrogens with one attached hydrogen (secondary N) is 1. The van der Waals surface area contributed by atoms with E-state index in [4.69, 9.17) is 14.6 Å². The topological polar surface area (TPSA) is 105 Å². The summed E-state index contributed by atoms with van der Waals surface area (Å²) in [7, 11) is 1.47. The monoisotopic (exact) mass is 304 g/mol. The van der Waals surface area contributed by atoms with Gasteiger partial charge >= 0.3 is 18.0 Å². The lowest BCUT2D eigenvalue weighted by Gasteiger charge is -2.25. The largest absolute Gasteiger partial charge is 0.480 e. The van der Waals surface area contributed by atoms with E-state index in [-0.39, 0.29) is 32.2 Å². The van der Waals surface area contributed by atoms with Crippen LogP contribution in [-0.2, 0) is 19.1 Å². The molecule has 0 saturated heterocycles. The minimum Gasteiger partial charge on any atom is -0.480 e. The second kappa shape index (κ2) is 9.98. The van der Waals surface area contributed by atoms with Crippen LogP contribution in [0, 0.1) is 5.92 Å². The van der Waals surface area contributed by atoms with Gasteiger partial charge in [0.25, 0.3) is 0 Å². The molecule has 1 unspecified atom stereocenters. The van der Waals surface area contributed by atoms with Crippen LogP contribution in [-0.4, -0.2) is 67.4 Å². The fraction of sp³-hybridized carbons (Fsp3) is 0.769. The molecule has 0 aliphatic rings. The zero-order valence-electron chi connectivity index (χ0n) is 12.9. The van der Waals surface area contributed by atoms with Crippen molar-refractivity contribution < 1.29 is 29.0 Å². The molecule has 8 heteroatoms. The molecule has 8 nitrogen and oxygen atoms in total. The predicted molar refractivity (Wildman–Crippen MR) is 74.9 cm³/mol. The van der Waals surface area contributed by atoms with E-state index in [1.54, 1.807) is 20.8 Å². The second-order valence-corrected chi connectivity index (χ2v) is 4.73. The van der Waals surface area contributed by atoms with Crippen molar-refractivity contribution in [1.29, 1.82) is 0 Å². The average Bonchev–Trinajstić information content (AvgIpc) is 2.39. The summed E-state index contributed by atoms with van der Waals surface area (Å²) in [5, 5.41) is 11.5. The van der Waals surface area contributed by atoms with Gasteiger partial charge in [-0.15, -0.1) is 0 Å². The molecule has 21 heavy (non-hydrogen) atoms. The standard InChI is InChI=1S/C13H24N2O6/c1-5-21-10(16)8-15(6-7-20-4)13(19)14-11(9(2)3)12(17)18/h9,11H,5-8H2,1-4H3,(H,14,19)(H,17,18). The number of nitrogens with zero attached hydrogens (tertiary/aromatic N) is 1. The number of amides is 2. The van der Waals surface area contributed by atoms with Gasteiger partial charge < -0.3 is 24.8 Å².